The molecule has 2 aromatic carbocycles. The number of rotatable bonds is 1. The summed E-state index contributed by atoms with van der Waals surface area (Å²) in [6.45, 7) is 0. The third-order valence-electron chi connectivity index (χ3n) is 3.81. The number of pyridine rings is 1. The minimum absolute atomic E-state index is 0.0182. The molecule has 8 heteroatoms. The monoisotopic (exact) mass is 410 g/mol. The number of hydrogen-bond donors (Lipinski definition) is 1. The van der Waals surface area contributed by atoms with Gasteiger partial charge in [0.05, 0.1) is 0 Å². The summed E-state index contributed by atoms with van der Waals surface area (Å²) in [5.74, 6) is 0.291. The molecule has 126 valence electrons. The number of phenolic OH excluding ortho intramolecular Hbond substituents is 1. The van der Waals surface area contributed by atoms with E-state index in [1.807, 2.05) is 0 Å². The summed E-state index contributed by atoms with van der Waals surface area (Å²) in [7, 11) is 0. The molecule has 4 nitrogen and oxygen atoms in total. The fraction of sp³-hybridized carbons (Fsp3) is 0.0588. The Morgan fingerprint density at radius 3 is 2.64 bits per heavy atom. The molecule has 2 aromatic heterocycles. The molecule has 0 saturated heterocycles. The topological polar surface area (TPSA) is 55.1 Å². The number of phenols is 1. The van der Waals surface area contributed by atoms with Crippen LogP contribution in [0.3, 0.4) is 0 Å². The van der Waals surface area contributed by atoms with Crippen LogP contribution in [0.4, 0.5) is 13.2 Å². The van der Waals surface area contributed by atoms with Crippen molar-refractivity contribution in [3.8, 4) is 11.6 Å². The molecule has 0 spiro atoms. The van der Waals surface area contributed by atoms with Gasteiger partial charge in [-0.05, 0) is 0 Å². The number of hydrogen-bond acceptors (Lipinski definition) is 3. The van der Waals surface area contributed by atoms with E-state index in [-0.39, 0.29) is 16.7 Å². The number of benzene rings is 2. The van der Waals surface area contributed by atoms with Crippen LogP contribution in [-0.2, 0) is 6.18 Å². The molecule has 0 unspecified atom stereocenters. The second kappa shape index (κ2) is 5.47. The van der Waals surface area contributed by atoms with Crippen molar-refractivity contribution in [3.63, 3.8) is 0 Å². The van der Waals surface area contributed by atoms with E-state index < -0.39 is 26.5 Å². The molecular formula is C17H9F3N2O2Se. The van der Waals surface area contributed by atoms with Crippen molar-refractivity contribution in [2.75, 3.05) is 0 Å². The van der Waals surface area contributed by atoms with Crippen LogP contribution in [0.25, 0.3) is 26.4 Å². The normalized spacial score (nSPS) is 12.1. The van der Waals surface area contributed by atoms with Gasteiger partial charge in [-0.1, -0.05) is 0 Å². The van der Waals surface area contributed by atoms with Gasteiger partial charge < -0.3 is 0 Å². The van der Waals surface area contributed by atoms with Crippen LogP contribution in [0.5, 0.6) is 5.75 Å². The van der Waals surface area contributed by atoms with Crippen LogP contribution < -0.4 is 5.56 Å². The van der Waals surface area contributed by atoms with E-state index in [2.05, 4.69) is 4.98 Å². The first-order valence-electron chi connectivity index (χ1n) is 7.17. The molecule has 0 atom stereocenters. The number of alkyl halides is 3. The third-order valence-corrected chi connectivity index (χ3v) is 6.05. The Bertz CT molecular complexity index is 1180. The standard InChI is InChI=1S/C17H9F3N2O2Se/c18-17(19,20)10-5-6-11-13(8-10)25-22(16(11)24)14-7-4-9-2-1-3-12(23)15(9)21-14/h1-8,23H. The van der Waals surface area contributed by atoms with Crippen molar-refractivity contribution in [2.45, 2.75) is 6.18 Å². The van der Waals surface area contributed by atoms with Gasteiger partial charge in [-0.25, -0.2) is 0 Å². The zero-order valence-corrected chi connectivity index (χ0v) is 14.1. The number of nitrogens with zero attached hydrogens (tertiary/aromatic N) is 2. The summed E-state index contributed by atoms with van der Waals surface area (Å²) < 4.78 is 40.3. The molecule has 0 aliphatic heterocycles. The molecule has 0 bridgehead atoms. The van der Waals surface area contributed by atoms with Crippen LogP contribution in [0, 0.1) is 0 Å². The molecule has 0 aliphatic rings. The van der Waals surface area contributed by atoms with Crippen LogP contribution >= 0.6 is 0 Å². The summed E-state index contributed by atoms with van der Waals surface area (Å²) in [5.41, 5.74) is -0.812. The Kier molecular flexibility index (Phi) is 3.49. The molecule has 4 aromatic rings. The molecule has 2 heterocycles. The first-order valence-corrected chi connectivity index (χ1v) is 8.79. The van der Waals surface area contributed by atoms with Gasteiger partial charge >= 0.3 is 144 Å². The second-order valence-electron chi connectivity index (χ2n) is 5.42. The molecule has 0 saturated carbocycles. The summed E-state index contributed by atoms with van der Waals surface area (Å²) in [4.78, 5) is 16.8. The van der Waals surface area contributed by atoms with Crippen molar-refractivity contribution in [1.82, 2.24) is 8.55 Å². The molecule has 0 radical (unpaired) electrons. The van der Waals surface area contributed by atoms with Crippen LogP contribution in [0.1, 0.15) is 5.56 Å². The molecule has 0 amide bonds. The van der Waals surface area contributed by atoms with Gasteiger partial charge in [0.2, 0.25) is 0 Å². The average molecular weight is 409 g/mol. The maximum atomic E-state index is 12.9. The van der Waals surface area contributed by atoms with Crippen molar-refractivity contribution in [3.05, 3.63) is 64.4 Å². The number of aromatic hydroxyl groups is 1. The van der Waals surface area contributed by atoms with E-state index in [4.69, 9.17) is 0 Å². The average Bonchev–Trinajstić information content (AvgIpc) is 2.91. The summed E-state index contributed by atoms with van der Waals surface area (Å²) in [5, 5.41) is 10.9. The Morgan fingerprint density at radius 1 is 1.08 bits per heavy atom. The van der Waals surface area contributed by atoms with Crippen LogP contribution in [-0.4, -0.2) is 28.4 Å². The Hall–Kier alpha value is -2.57. The molecular weight excluding hydrogens is 400 g/mol. The van der Waals surface area contributed by atoms with Gasteiger partial charge in [-0.2, -0.15) is 0 Å². The first kappa shape index (κ1) is 15.9. The van der Waals surface area contributed by atoms with Gasteiger partial charge in [-0.15, -0.1) is 0 Å². The fourth-order valence-corrected chi connectivity index (χ4v) is 4.70. The minimum atomic E-state index is -4.45. The van der Waals surface area contributed by atoms with Gasteiger partial charge in [0, 0.05) is 0 Å². The predicted octanol–water partition coefficient (Wildman–Crippen LogP) is 3.32. The maximum absolute atomic E-state index is 12.9. The Balaban J connectivity index is 1.94. The first-order chi connectivity index (χ1) is 11.8. The van der Waals surface area contributed by atoms with E-state index in [0.29, 0.717) is 21.0 Å². The van der Waals surface area contributed by atoms with Crippen LogP contribution in [0.15, 0.2) is 53.3 Å². The second-order valence-corrected chi connectivity index (χ2v) is 7.49. The van der Waals surface area contributed by atoms with Crippen molar-refractivity contribution in [1.29, 1.82) is 0 Å². The molecule has 4 rings (SSSR count). The summed E-state index contributed by atoms with van der Waals surface area (Å²) in [6.07, 6.45) is -4.45. The van der Waals surface area contributed by atoms with Crippen molar-refractivity contribution in [2.24, 2.45) is 0 Å². The van der Waals surface area contributed by atoms with E-state index >= 15 is 0 Å². The Morgan fingerprint density at radius 2 is 1.88 bits per heavy atom. The summed E-state index contributed by atoms with van der Waals surface area (Å²) in [6, 6.07) is 11.4. The quantitative estimate of drug-likeness (QED) is 0.491. The SMILES string of the molecule is O=c1c2ccc(C(F)(F)F)cc2[se]n1-c1ccc2cccc(O)c2n1. The number of para-hydroxylation sites is 1. The van der Waals surface area contributed by atoms with Gasteiger partial charge in [0.25, 0.3) is 0 Å². The van der Waals surface area contributed by atoms with Gasteiger partial charge in [0.1, 0.15) is 0 Å². The number of aromatic nitrogens is 2. The number of halogens is 3. The molecule has 1 N–H and O–H groups in total. The van der Waals surface area contributed by atoms with E-state index in [0.717, 1.165) is 12.1 Å². The number of fused-ring (bicyclic) bond motifs is 2. The van der Waals surface area contributed by atoms with Crippen molar-refractivity contribution < 1.29 is 18.3 Å². The predicted molar refractivity (Wildman–Crippen MR) is 88.5 cm³/mol. The summed E-state index contributed by atoms with van der Waals surface area (Å²) >= 11 is -0.654. The van der Waals surface area contributed by atoms with E-state index in [9.17, 15) is 23.1 Å². The van der Waals surface area contributed by atoms with E-state index in [1.54, 1.807) is 24.3 Å². The zero-order chi connectivity index (χ0) is 17.8. The van der Waals surface area contributed by atoms with Crippen molar-refractivity contribution >= 4 is 35.3 Å². The Labute approximate surface area is 144 Å². The van der Waals surface area contributed by atoms with Crippen LogP contribution in [0.2, 0.25) is 0 Å². The molecule has 25 heavy (non-hydrogen) atoms. The zero-order valence-electron chi connectivity index (χ0n) is 12.4. The third kappa shape index (κ3) is 2.63. The van der Waals surface area contributed by atoms with E-state index in [1.165, 1.54) is 15.7 Å². The fourth-order valence-electron chi connectivity index (χ4n) is 2.59. The van der Waals surface area contributed by atoms with Gasteiger partial charge in [0.15, 0.2) is 0 Å². The molecule has 0 aliphatic carbocycles. The molecule has 0 fully saturated rings. The van der Waals surface area contributed by atoms with Gasteiger partial charge in [-0.3, -0.25) is 0 Å².